The maximum absolute atomic E-state index is 10.9. The Morgan fingerprint density at radius 2 is 2.00 bits per heavy atom. The van der Waals surface area contributed by atoms with E-state index in [0.29, 0.717) is 13.1 Å². The summed E-state index contributed by atoms with van der Waals surface area (Å²) in [4.78, 5) is 0. The van der Waals surface area contributed by atoms with Gasteiger partial charge in [0.25, 0.3) is 10.2 Å². The Hall–Kier alpha value is -0.390. The third-order valence-corrected chi connectivity index (χ3v) is 2.43. The van der Waals surface area contributed by atoms with Crippen molar-refractivity contribution in [1.82, 2.24) is 9.44 Å². The zero-order chi connectivity index (χ0) is 9.45. The van der Waals surface area contributed by atoms with E-state index in [2.05, 4.69) is 9.44 Å². The minimum absolute atomic E-state index is 0.416. The molecule has 0 aliphatic rings. The Bertz CT molecular complexity index is 222. The molecule has 0 aromatic rings. The standard InChI is InChI=1S/C7H16N2O2S/c1-3-5-6-7-9-12(10,11)8-4-2/h3,5,8-9H,4,6-7H2,1-2H3/b5-3+. The molecule has 0 fully saturated rings. The van der Waals surface area contributed by atoms with E-state index in [1.165, 1.54) is 0 Å². The monoisotopic (exact) mass is 192 g/mol. The Morgan fingerprint density at radius 1 is 1.33 bits per heavy atom. The Balaban J connectivity index is 3.62. The third-order valence-electron chi connectivity index (χ3n) is 1.17. The van der Waals surface area contributed by atoms with Gasteiger partial charge in [0.2, 0.25) is 0 Å². The molecule has 0 saturated carbocycles. The topological polar surface area (TPSA) is 58.2 Å². The van der Waals surface area contributed by atoms with Crippen molar-refractivity contribution >= 4 is 10.2 Å². The van der Waals surface area contributed by atoms with Crippen molar-refractivity contribution in [2.45, 2.75) is 20.3 Å². The van der Waals surface area contributed by atoms with Gasteiger partial charge in [0.15, 0.2) is 0 Å². The summed E-state index contributed by atoms with van der Waals surface area (Å²) in [6.45, 7) is 4.50. The Kier molecular flexibility index (Phi) is 5.96. The normalized spacial score (nSPS) is 12.5. The summed E-state index contributed by atoms with van der Waals surface area (Å²) in [5, 5.41) is 0. The van der Waals surface area contributed by atoms with Crippen LogP contribution in [0.3, 0.4) is 0 Å². The van der Waals surface area contributed by atoms with Crippen LogP contribution in [0.2, 0.25) is 0 Å². The molecule has 2 N–H and O–H groups in total. The van der Waals surface area contributed by atoms with Gasteiger partial charge in [0.05, 0.1) is 0 Å². The average molecular weight is 192 g/mol. The highest BCUT2D eigenvalue weighted by Gasteiger charge is 2.03. The molecule has 0 bridgehead atoms. The first-order chi connectivity index (χ1) is 5.62. The zero-order valence-corrected chi connectivity index (χ0v) is 8.32. The van der Waals surface area contributed by atoms with E-state index >= 15 is 0 Å². The summed E-state index contributed by atoms with van der Waals surface area (Å²) >= 11 is 0. The van der Waals surface area contributed by atoms with Crippen LogP contribution in [-0.2, 0) is 10.2 Å². The van der Waals surface area contributed by atoms with Gasteiger partial charge in [-0.2, -0.15) is 8.42 Å². The van der Waals surface area contributed by atoms with Gasteiger partial charge in [-0.25, -0.2) is 9.44 Å². The van der Waals surface area contributed by atoms with Crippen LogP contribution in [0.25, 0.3) is 0 Å². The van der Waals surface area contributed by atoms with Gasteiger partial charge in [-0.05, 0) is 13.3 Å². The van der Waals surface area contributed by atoms with Crippen LogP contribution < -0.4 is 9.44 Å². The van der Waals surface area contributed by atoms with Crippen LogP contribution in [0.1, 0.15) is 20.3 Å². The fourth-order valence-electron chi connectivity index (χ4n) is 0.684. The fraction of sp³-hybridized carbons (Fsp3) is 0.714. The second-order valence-electron chi connectivity index (χ2n) is 2.25. The smallest absolute Gasteiger partial charge is 0.203 e. The first kappa shape index (κ1) is 11.6. The Morgan fingerprint density at radius 3 is 2.50 bits per heavy atom. The van der Waals surface area contributed by atoms with Crippen LogP contribution in [0.5, 0.6) is 0 Å². The molecular weight excluding hydrogens is 176 g/mol. The summed E-state index contributed by atoms with van der Waals surface area (Å²) in [6, 6.07) is 0. The predicted octanol–water partition coefficient (Wildman–Crippen LogP) is 0.396. The zero-order valence-electron chi connectivity index (χ0n) is 7.50. The fourth-order valence-corrected chi connectivity index (χ4v) is 1.55. The highest BCUT2D eigenvalue weighted by atomic mass is 32.2. The molecule has 12 heavy (non-hydrogen) atoms. The molecule has 0 aliphatic carbocycles. The van der Waals surface area contributed by atoms with Crippen LogP contribution in [0, 0.1) is 0 Å². The second-order valence-corrected chi connectivity index (χ2v) is 3.84. The summed E-state index contributed by atoms with van der Waals surface area (Å²) in [6.07, 6.45) is 4.52. The molecule has 4 nitrogen and oxygen atoms in total. The van der Waals surface area contributed by atoms with E-state index in [4.69, 9.17) is 0 Å². The second kappa shape index (κ2) is 6.16. The molecule has 0 unspecified atom stereocenters. The van der Waals surface area contributed by atoms with Crippen molar-refractivity contribution in [3.8, 4) is 0 Å². The average Bonchev–Trinajstić information content (AvgIpc) is 1.98. The van der Waals surface area contributed by atoms with Gasteiger partial charge in [-0.3, -0.25) is 0 Å². The van der Waals surface area contributed by atoms with Gasteiger partial charge in [0, 0.05) is 13.1 Å². The van der Waals surface area contributed by atoms with E-state index < -0.39 is 10.2 Å². The number of nitrogens with one attached hydrogen (secondary N) is 2. The lowest BCUT2D eigenvalue weighted by Crippen LogP contribution is -2.36. The summed E-state index contributed by atoms with van der Waals surface area (Å²) in [7, 11) is -3.25. The molecule has 0 aromatic carbocycles. The maximum atomic E-state index is 10.9. The number of hydrogen-bond donors (Lipinski definition) is 2. The third kappa shape index (κ3) is 6.33. The van der Waals surface area contributed by atoms with Crippen LogP contribution >= 0.6 is 0 Å². The summed E-state index contributed by atoms with van der Waals surface area (Å²) in [5.74, 6) is 0. The molecule has 0 rings (SSSR count). The number of rotatable bonds is 6. The molecule has 72 valence electrons. The molecule has 0 spiro atoms. The SMILES string of the molecule is C/C=C/CCNS(=O)(=O)NCC. The van der Waals surface area contributed by atoms with Crippen LogP contribution in [-0.4, -0.2) is 21.5 Å². The van der Waals surface area contributed by atoms with E-state index in [1.807, 2.05) is 19.1 Å². The highest BCUT2D eigenvalue weighted by molar-refractivity contribution is 7.87. The van der Waals surface area contributed by atoms with Crippen LogP contribution in [0.15, 0.2) is 12.2 Å². The molecule has 0 radical (unpaired) electrons. The molecule has 0 aliphatic heterocycles. The lowest BCUT2D eigenvalue weighted by atomic mass is 10.4. The molecule has 0 amide bonds. The first-order valence-corrected chi connectivity index (χ1v) is 5.46. The molecule has 0 heterocycles. The van der Waals surface area contributed by atoms with E-state index in [9.17, 15) is 8.42 Å². The summed E-state index contributed by atoms with van der Waals surface area (Å²) < 4.78 is 26.6. The van der Waals surface area contributed by atoms with Crippen molar-refractivity contribution in [3.63, 3.8) is 0 Å². The van der Waals surface area contributed by atoms with Crippen molar-refractivity contribution in [2.75, 3.05) is 13.1 Å². The first-order valence-electron chi connectivity index (χ1n) is 3.97. The highest BCUT2D eigenvalue weighted by Crippen LogP contribution is 1.82. The van der Waals surface area contributed by atoms with Crippen LogP contribution in [0.4, 0.5) is 0 Å². The molecule has 0 atom stereocenters. The quantitative estimate of drug-likeness (QED) is 0.472. The minimum Gasteiger partial charge on any atom is -0.203 e. The van der Waals surface area contributed by atoms with Gasteiger partial charge in [-0.1, -0.05) is 19.1 Å². The van der Waals surface area contributed by atoms with Crippen molar-refractivity contribution < 1.29 is 8.42 Å². The Labute approximate surface area is 74.2 Å². The van der Waals surface area contributed by atoms with E-state index in [0.717, 1.165) is 6.42 Å². The minimum atomic E-state index is -3.25. The van der Waals surface area contributed by atoms with Gasteiger partial charge < -0.3 is 0 Å². The van der Waals surface area contributed by atoms with Crippen molar-refractivity contribution in [1.29, 1.82) is 0 Å². The maximum Gasteiger partial charge on any atom is 0.276 e. The molecule has 0 aromatic heterocycles. The lowest BCUT2D eigenvalue weighted by molar-refractivity contribution is 0.569. The predicted molar refractivity (Wildman–Crippen MR) is 50.0 cm³/mol. The largest absolute Gasteiger partial charge is 0.276 e. The van der Waals surface area contributed by atoms with Crippen molar-refractivity contribution in [2.24, 2.45) is 0 Å². The molecule has 5 heteroatoms. The van der Waals surface area contributed by atoms with Gasteiger partial charge >= 0.3 is 0 Å². The molecular formula is C7H16N2O2S. The molecule has 0 saturated heterocycles. The number of hydrogen-bond acceptors (Lipinski definition) is 2. The number of allylic oxidation sites excluding steroid dienone is 1. The van der Waals surface area contributed by atoms with Gasteiger partial charge in [-0.15, -0.1) is 0 Å². The van der Waals surface area contributed by atoms with E-state index in [1.54, 1.807) is 6.92 Å². The van der Waals surface area contributed by atoms with Crippen molar-refractivity contribution in [3.05, 3.63) is 12.2 Å². The summed E-state index contributed by atoms with van der Waals surface area (Å²) in [5.41, 5.74) is 0. The van der Waals surface area contributed by atoms with E-state index in [-0.39, 0.29) is 0 Å². The van der Waals surface area contributed by atoms with Gasteiger partial charge in [0.1, 0.15) is 0 Å². The lowest BCUT2D eigenvalue weighted by Gasteiger charge is -2.03.